The summed E-state index contributed by atoms with van der Waals surface area (Å²) < 4.78 is 22.9. The molecule has 0 aromatic rings. The zero-order chi connectivity index (χ0) is 31.5. The van der Waals surface area contributed by atoms with E-state index in [1.807, 2.05) is 27.2 Å². The largest absolute Gasteiger partial charge is 0.756 e. The van der Waals surface area contributed by atoms with Crippen LogP contribution in [0.5, 0.6) is 0 Å². The molecule has 0 aliphatic carbocycles. The summed E-state index contributed by atoms with van der Waals surface area (Å²) in [6, 6.07) is -0.887. The Labute approximate surface area is 257 Å². The van der Waals surface area contributed by atoms with Crippen LogP contribution in [0.4, 0.5) is 0 Å². The van der Waals surface area contributed by atoms with Crippen molar-refractivity contribution in [1.29, 1.82) is 0 Å². The molecule has 42 heavy (non-hydrogen) atoms. The summed E-state index contributed by atoms with van der Waals surface area (Å²) in [7, 11) is 1.24. The first-order chi connectivity index (χ1) is 20.0. The lowest BCUT2D eigenvalue weighted by Crippen LogP contribution is -2.45. The smallest absolute Gasteiger partial charge is 0.268 e. The molecule has 246 valence electrons. The lowest BCUT2D eigenvalue weighted by atomic mass is 10.1. The zero-order valence-electron chi connectivity index (χ0n) is 27.4. The van der Waals surface area contributed by atoms with Crippen molar-refractivity contribution in [2.75, 3.05) is 40.9 Å². The summed E-state index contributed by atoms with van der Waals surface area (Å²) in [5.41, 5.74) is 0. The number of carbonyl (C=O) groups is 1. The summed E-state index contributed by atoms with van der Waals surface area (Å²) in [5.74, 6) is -0.222. The Morgan fingerprint density at radius 3 is 2.05 bits per heavy atom. The van der Waals surface area contributed by atoms with E-state index < -0.39 is 20.0 Å². The van der Waals surface area contributed by atoms with Gasteiger partial charge in [-0.1, -0.05) is 102 Å². The van der Waals surface area contributed by atoms with E-state index in [1.165, 1.54) is 25.7 Å². The first kappa shape index (κ1) is 40.7. The number of carbonyl (C=O) groups excluding carboxylic acids is 1. The van der Waals surface area contributed by atoms with Gasteiger partial charge in [0.25, 0.3) is 7.82 Å². The minimum Gasteiger partial charge on any atom is -0.756 e. The van der Waals surface area contributed by atoms with Gasteiger partial charge in [-0.3, -0.25) is 9.36 Å². The fourth-order valence-corrected chi connectivity index (χ4v) is 4.83. The van der Waals surface area contributed by atoms with E-state index in [0.717, 1.165) is 70.6 Å². The molecule has 0 saturated carbocycles. The molecule has 0 aliphatic rings. The van der Waals surface area contributed by atoms with Gasteiger partial charge >= 0.3 is 0 Å². The van der Waals surface area contributed by atoms with Crippen molar-refractivity contribution in [3.63, 3.8) is 0 Å². The van der Waals surface area contributed by atoms with Crippen LogP contribution in [0.3, 0.4) is 0 Å². The summed E-state index contributed by atoms with van der Waals surface area (Å²) in [4.78, 5) is 24.9. The lowest BCUT2D eigenvalue weighted by molar-refractivity contribution is -0.870. The van der Waals surface area contributed by atoms with Crippen LogP contribution in [0.15, 0.2) is 36.5 Å². The van der Waals surface area contributed by atoms with Crippen molar-refractivity contribution in [2.45, 2.75) is 129 Å². The van der Waals surface area contributed by atoms with Gasteiger partial charge in [-0.2, -0.15) is 0 Å². The fourth-order valence-electron chi connectivity index (χ4n) is 4.11. The molecule has 0 rings (SSSR count). The number of rotatable bonds is 28. The molecule has 0 aromatic carbocycles. The second-order valence-electron chi connectivity index (χ2n) is 12.2. The Morgan fingerprint density at radius 1 is 0.833 bits per heavy atom. The van der Waals surface area contributed by atoms with Crippen LogP contribution in [0.1, 0.15) is 117 Å². The number of unbranched alkanes of at least 4 members (excludes halogenated alkanes) is 11. The molecule has 0 aliphatic heterocycles. The van der Waals surface area contributed by atoms with E-state index in [0.29, 0.717) is 17.4 Å². The van der Waals surface area contributed by atoms with E-state index in [4.69, 9.17) is 9.05 Å². The van der Waals surface area contributed by atoms with E-state index >= 15 is 0 Å². The van der Waals surface area contributed by atoms with Gasteiger partial charge in [-0.05, 0) is 44.9 Å². The number of phosphoric acid groups is 1. The molecule has 8 nitrogen and oxygen atoms in total. The number of aliphatic hydroxyl groups is 1. The molecule has 0 aromatic heterocycles. The number of hydrogen-bond acceptors (Lipinski definition) is 6. The average molecular weight is 615 g/mol. The molecule has 1 amide bonds. The molecule has 9 heteroatoms. The maximum atomic E-state index is 12.6. The average Bonchev–Trinajstić information content (AvgIpc) is 2.92. The summed E-state index contributed by atoms with van der Waals surface area (Å²) in [5, 5.41) is 13.5. The van der Waals surface area contributed by atoms with Gasteiger partial charge in [0.05, 0.1) is 39.9 Å². The first-order valence-electron chi connectivity index (χ1n) is 16.4. The summed E-state index contributed by atoms with van der Waals surface area (Å²) >= 11 is 0. The van der Waals surface area contributed by atoms with Gasteiger partial charge in [0, 0.05) is 6.42 Å². The quantitative estimate of drug-likeness (QED) is 0.0426. The van der Waals surface area contributed by atoms with Crippen LogP contribution in [-0.2, 0) is 18.4 Å². The van der Waals surface area contributed by atoms with E-state index in [2.05, 4.69) is 43.5 Å². The molecular formula is C33H63N2O6P. The predicted molar refractivity (Wildman–Crippen MR) is 173 cm³/mol. The van der Waals surface area contributed by atoms with Gasteiger partial charge in [0.1, 0.15) is 13.2 Å². The molecule has 0 saturated heterocycles. The number of nitrogens with zero attached hydrogens (tertiary/aromatic N) is 1. The van der Waals surface area contributed by atoms with Crippen LogP contribution in [-0.4, -0.2) is 68.5 Å². The number of allylic oxidation sites excluding steroid dienone is 5. The van der Waals surface area contributed by atoms with Crippen LogP contribution < -0.4 is 10.2 Å². The number of likely N-dealkylation sites (N-methyl/N-ethyl adjacent to an activating group) is 1. The van der Waals surface area contributed by atoms with Gasteiger partial charge in [-0.15, -0.1) is 0 Å². The number of nitrogens with one attached hydrogen (secondary N) is 1. The number of phosphoric ester groups is 1. The normalized spacial score (nSPS) is 15.5. The maximum Gasteiger partial charge on any atom is 0.268 e. The third-order valence-corrected chi connectivity index (χ3v) is 7.81. The highest BCUT2D eigenvalue weighted by molar-refractivity contribution is 7.45. The Kier molecular flexibility index (Phi) is 25.4. The Morgan fingerprint density at radius 2 is 1.40 bits per heavy atom. The maximum absolute atomic E-state index is 12.6. The van der Waals surface area contributed by atoms with Crippen molar-refractivity contribution in [2.24, 2.45) is 0 Å². The lowest BCUT2D eigenvalue weighted by Gasteiger charge is -2.29. The number of amides is 1. The van der Waals surface area contributed by atoms with Crippen LogP contribution in [0.2, 0.25) is 0 Å². The SMILES string of the molecule is CCCC/C=C\C/C=C\CCCCCCCC(=O)NC(COP(=O)([O-])OCC[N+](C)(C)C)C(O)/C=C/CCCCCC. The molecular weight excluding hydrogens is 551 g/mol. The van der Waals surface area contributed by atoms with Crippen molar-refractivity contribution in [1.82, 2.24) is 5.32 Å². The highest BCUT2D eigenvalue weighted by Crippen LogP contribution is 2.38. The van der Waals surface area contributed by atoms with Gasteiger partial charge in [-0.25, -0.2) is 0 Å². The van der Waals surface area contributed by atoms with Crippen LogP contribution >= 0.6 is 7.82 Å². The highest BCUT2D eigenvalue weighted by Gasteiger charge is 2.23. The monoisotopic (exact) mass is 614 g/mol. The molecule has 2 N–H and O–H groups in total. The Bertz CT molecular complexity index is 794. The number of hydrogen-bond donors (Lipinski definition) is 2. The van der Waals surface area contributed by atoms with Crippen LogP contribution in [0.25, 0.3) is 0 Å². The van der Waals surface area contributed by atoms with Crippen LogP contribution in [0, 0.1) is 0 Å². The minimum atomic E-state index is -4.57. The topological polar surface area (TPSA) is 108 Å². The van der Waals surface area contributed by atoms with Crippen molar-refractivity contribution in [3.05, 3.63) is 36.5 Å². The zero-order valence-corrected chi connectivity index (χ0v) is 28.3. The van der Waals surface area contributed by atoms with Gasteiger partial charge in [0.15, 0.2) is 0 Å². The minimum absolute atomic E-state index is 0.00568. The molecule has 0 spiro atoms. The van der Waals surface area contributed by atoms with Crippen molar-refractivity contribution < 1.29 is 32.9 Å². The number of quaternary nitrogens is 1. The predicted octanol–water partition coefficient (Wildman–Crippen LogP) is 6.99. The standard InChI is InChI=1S/C33H63N2O6P/c1-6-8-10-12-14-15-16-17-18-19-20-21-23-25-27-33(37)34-31(32(36)26-24-22-13-11-9-7-2)30-41-42(38,39)40-29-28-35(3,4)5/h12,14,16-17,24,26,31-32,36H,6-11,13,15,18-23,25,27-30H2,1-5H3,(H-,34,37,38,39)/b14-12-,17-16-,26-24+. The fraction of sp³-hybridized carbons (Fsp3) is 0.788. The third-order valence-electron chi connectivity index (χ3n) is 6.84. The second kappa shape index (κ2) is 26.2. The molecule has 0 fully saturated rings. The van der Waals surface area contributed by atoms with E-state index in [9.17, 15) is 19.4 Å². The van der Waals surface area contributed by atoms with E-state index in [1.54, 1.807) is 6.08 Å². The third kappa shape index (κ3) is 27.5. The van der Waals surface area contributed by atoms with Gasteiger partial charge < -0.3 is 28.8 Å². The molecule has 3 unspecified atom stereocenters. The van der Waals surface area contributed by atoms with Crippen molar-refractivity contribution in [3.8, 4) is 0 Å². The summed E-state index contributed by atoms with van der Waals surface area (Å²) in [6.07, 6.45) is 27.8. The second-order valence-corrected chi connectivity index (χ2v) is 13.6. The molecule has 0 heterocycles. The molecule has 0 radical (unpaired) electrons. The van der Waals surface area contributed by atoms with Crippen molar-refractivity contribution >= 4 is 13.7 Å². The Balaban J connectivity index is 4.53. The summed E-state index contributed by atoms with van der Waals surface area (Å²) in [6.45, 7) is 4.46. The van der Waals surface area contributed by atoms with E-state index in [-0.39, 0.29) is 19.1 Å². The van der Waals surface area contributed by atoms with Gasteiger partial charge in [0.2, 0.25) is 5.91 Å². The Hall–Kier alpha value is -1.28. The highest BCUT2D eigenvalue weighted by atomic mass is 31.2. The first-order valence-corrected chi connectivity index (χ1v) is 17.8. The molecule has 3 atom stereocenters. The molecule has 0 bridgehead atoms. The number of aliphatic hydroxyl groups excluding tert-OH is 1.